The van der Waals surface area contributed by atoms with Crippen molar-refractivity contribution in [2.45, 2.75) is 45.1 Å². The molecule has 1 aliphatic heterocycles. The van der Waals surface area contributed by atoms with Crippen LogP contribution in [0.2, 0.25) is 0 Å². The molecule has 0 radical (unpaired) electrons. The molecule has 2 N–H and O–H groups in total. The van der Waals surface area contributed by atoms with Crippen LogP contribution in [0.15, 0.2) is 0 Å². The highest BCUT2D eigenvalue weighted by Crippen LogP contribution is 2.30. The fourth-order valence-corrected chi connectivity index (χ4v) is 2.68. The van der Waals surface area contributed by atoms with E-state index in [0.717, 1.165) is 38.8 Å². The molecular formula is C13H23N5O2. The number of nitro groups is 1. The van der Waals surface area contributed by atoms with Gasteiger partial charge in [0.15, 0.2) is 0 Å². The first kappa shape index (κ1) is 14.8. The first-order chi connectivity index (χ1) is 9.63. The van der Waals surface area contributed by atoms with Gasteiger partial charge in [0.1, 0.15) is 5.69 Å². The van der Waals surface area contributed by atoms with Gasteiger partial charge in [-0.25, -0.2) is 4.68 Å². The van der Waals surface area contributed by atoms with Gasteiger partial charge in [-0.2, -0.15) is 5.10 Å². The molecule has 1 aromatic heterocycles. The maximum Gasteiger partial charge on any atom is 0.333 e. The lowest BCUT2D eigenvalue weighted by molar-refractivity contribution is -0.384. The van der Waals surface area contributed by atoms with Crippen LogP contribution in [0.25, 0.3) is 0 Å². The number of hydrogen-bond donors (Lipinski definition) is 2. The Balaban J connectivity index is 2.22. The number of aromatic nitrogens is 2. The molecule has 0 aliphatic carbocycles. The molecule has 0 amide bonds. The Morgan fingerprint density at radius 1 is 1.50 bits per heavy atom. The van der Waals surface area contributed by atoms with Crippen molar-refractivity contribution in [2.75, 3.05) is 18.4 Å². The topological polar surface area (TPSA) is 85.0 Å². The number of anilines is 1. The number of aryl methyl sites for hydroxylation is 2. The lowest BCUT2D eigenvalue weighted by atomic mass is 10.1. The summed E-state index contributed by atoms with van der Waals surface area (Å²) in [6, 6.07) is 0.272. The molecule has 20 heavy (non-hydrogen) atoms. The SMILES string of the molecule is CCCc1nn(C)c(NC2CCCNCC2)c1[N+](=O)[O-]. The van der Waals surface area contributed by atoms with E-state index in [9.17, 15) is 10.1 Å². The van der Waals surface area contributed by atoms with Crippen LogP contribution in [0.4, 0.5) is 11.5 Å². The van der Waals surface area contributed by atoms with E-state index < -0.39 is 0 Å². The summed E-state index contributed by atoms with van der Waals surface area (Å²) in [6.45, 7) is 3.97. The Kier molecular flexibility index (Phi) is 4.94. The molecule has 1 aromatic rings. The lowest BCUT2D eigenvalue weighted by Crippen LogP contribution is -2.23. The summed E-state index contributed by atoms with van der Waals surface area (Å²) in [5.74, 6) is 0.547. The summed E-state index contributed by atoms with van der Waals surface area (Å²) < 4.78 is 1.61. The van der Waals surface area contributed by atoms with Crippen LogP contribution >= 0.6 is 0 Å². The fraction of sp³-hybridized carbons (Fsp3) is 0.769. The second-order valence-electron chi connectivity index (χ2n) is 5.30. The Hall–Kier alpha value is -1.63. The molecule has 1 atom stereocenters. The summed E-state index contributed by atoms with van der Waals surface area (Å²) in [5.41, 5.74) is 0.723. The third kappa shape index (κ3) is 3.27. The summed E-state index contributed by atoms with van der Waals surface area (Å²) in [7, 11) is 1.77. The van der Waals surface area contributed by atoms with E-state index in [1.165, 1.54) is 0 Å². The van der Waals surface area contributed by atoms with Crippen LogP contribution in [0.3, 0.4) is 0 Å². The first-order valence-electron chi connectivity index (χ1n) is 7.31. The summed E-state index contributed by atoms with van der Waals surface area (Å²) in [5, 5.41) is 22.3. The minimum atomic E-state index is -0.310. The lowest BCUT2D eigenvalue weighted by Gasteiger charge is -2.16. The van der Waals surface area contributed by atoms with E-state index in [-0.39, 0.29) is 16.7 Å². The van der Waals surface area contributed by atoms with E-state index in [2.05, 4.69) is 15.7 Å². The molecule has 1 saturated heterocycles. The first-order valence-corrected chi connectivity index (χ1v) is 7.31. The van der Waals surface area contributed by atoms with Gasteiger partial charge in [0.05, 0.1) is 4.92 Å². The molecule has 0 bridgehead atoms. The van der Waals surface area contributed by atoms with Gasteiger partial charge in [0.25, 0.3) is 0 Å². The Bertz CT molecular complexity index is 464. The van der Waals surface area contributed by atoms with E-state index >= 15 is 0 Å². The van der Waals surface area contributed by atoms with E-state index in [4.69, 9.17) is 0 Å². The van der Waals surface area contributed by atoms with Crippen molar-refractivity contribution < 1.29 is 4.92 Å². The van der Waals surface area contributed by atoms with Gasteiger partial charge in [-0.15, -0.1) is 0 Å². The van der Waals surface area contributed by atoms with E-state index in [0.29, 0.717) is 17.9 Å². The summed E-state index contributed by atoms with van der Waals surface area (Å²) >= 11 is 0. The molecule has 2 heterocycles. The van der Waals surface area contributed by atoms with Gasteiger partial charge < -0.3 is 10.6 Å². The average Bonchev–Trinajstić information content (AvgIpc) is 2.58. The zero-order valence-corrected chi connectivity index (χ0v) is 12.2. The highest BCUT2D eigenvalue weighted by atomic mass is 16.6. The third-order valence-electron chi connectivity index (χ3n) is 3.68. The van der Waals surface area contributed by atoms with Gasteiger partial charge >= 0.3 is 5.69 Å². The number of nitrogens with one attached hydrogen (secondary N) is 2. The highest BCUT2D eigenvalue weighted by molar-refractivity contribution is 5.60. The van der Waals surface area contributed by atoms with Crippen LogP contribution in [0.5, 0.6) is 0 Å². The van der Waals surface area contributed by atoms with Crippen molar-refractivity contribution in [1.82, 2.24) is 15.1 Å². The molecule has 0 aromatic carbocycles. The summed E-state index contributed by atoms with van der Waals surface area (Å²) in [4.78, 5) is 11.0. The van der Waals surface area contributed by atoms with Crippen LogP contribution in [-0.4, -0.2) is 33.8 Å². The van der Waals surface area contributed by atoms with Gasteiger partial charge in [-0.1, -0.05) is 13.3 Å². The van der Waals surface area contributed by atoms with E-state index in [1.54, 1.807) is 11.7 Å². The Labute approximate surface area is 118 Å². The largest absolute Gasteiger partial charge is 0.362 e. The Morgan fingerprint density at radius 3 is 3.00 bits per heavy atom. The normalized spacial score (nSPS) is 19.6. The molecule has 2 rings (SSSR count). The van der Waals surface area contributed by atoms with Crippen LogP contribution in [0.1, 0.15) is 38.3 Å². The maximum atomic E-state index is 11.3. The maximum absolute atomic E-state index is 11.3. The molecule has 7 heteroatoms. The van der Waals surface area contributed by atoms with E-state index in [1.807, 2.05) is 6.92 Å². The second-order valence-corrected chi connectivity index (χ2v) is 5.30. The number of nitrogens with zero attached hydrogens (tertiary/aromatic N) is 3. The van der Waals surface area contributed by atoms with Crippen molar-refractivity contribution in [3.63, 3.8) is 0 Å². The smallest absolute Gasteiger partial charge is 0.333 e. The zero-order chi connectivity index (χ0) is 14.5. The zero-order valence-electron chi connectivity index (χ0n) is 12.2. The molecular weight excluding hydrogens is 258 g/mol. The molecule has 7 nitrogen and oxygen atoms in total. The van der Waals surface area contributed by atoms with Crippen molar-refractivity contribution in [3.8, 4) is 0 Å². The van der Waals surface area contributed by atoms with Crippen LogP contribution in [0, 0.1) is 10.1 Å². The fourth-order valence-electron chi connectivity index (χ4n) is 2.68. The monoisotopic (exact) mass is 281 g/mol. The van der Waals surface area contributed by atoms with Crippen LogP contribution < -0.4 is 10.6 Å². The third-order valence-corrected chi connectivity index (χ3v) is 3.68. The highest BCUT2D eigenvalue weighted by Gasteiger charge is 2.27. The molecule has 0 saturated carbocycles. The molecule has 1 aliphatic rings. The quantitative estimate of drug-likeness (QED) is 0.635. The van der Waals surface area contributed by atoms with Crippen molar-refractivity contribution >= 4 is 11.5 Å². The molecule has 0 spiro atoms. The minimum absolute atomic E-state index is 0.145. The predicted octanol–water partition coefficient (Wildman–Crippen LogP) is 1.83. The molecule has 112 valence electrons. The van der Waals surface area contributed by atoms with Crippen LogP contribution in [-0.2, 0) is 13.5 Å². The van der Waals surface area contributed by atoms with Gasteiger partial charge in [0.2, 0.25) is 5.82 Å². The number of hydrogen-bond acceptors (Lipinski definition) is 5. The predicted molar refractivity (Wildman–Crippen MR) is 78.0 cm³/mol. The van der Waals surface area contributed by atoms with Crippen molar-refractivity contribution in [3.05, 3.63) is 15.8 Å². The summed E-state index contributed by atoms with van der Waals surface area (Å²) in [6.07, 6.45) is 4.58. The molecule has 1 fully saturated rings. The standard InChI is InChI=1S/C13H23N5O2/c1-3-5-11-12(18(19)20)13(17(2)16-11)15-10-6-4-8-14-9-7-10/h10,14-15H,3-9H2,1-2H3. The average molecular weight is 281 g/mol. The number of rotatable bonds is 5. The van der Waals surface area contributed by atoms with Crippen molar-refractivity contribution in [2.24, 2.45) is 7.05 Å². The van der Waals surface area contributed by atoms with Gasteiger partial charge in [-0.05, 0) is 38.8 Å². The minimum Gasteiger partial charge on any atom is -0.362 e. The second kappa shape index (κ2) is 6.69. The molecule has 1 unspecified atom stereocenters. The Morgan fingerprint density at radius 2 is 2.30 bits per heavy atom. The van der Waals surface area contributed by atoms with Gasteiger partial charge in [-0.3, -0.25) is 10.1 Å². The van der Waals surface area contributed by atoms with Crippen molar-refractivity contribution in [1.29, 1.82) is 0 Å². The van der Waals surface area contributed by atoms with Gasteiger partial charge in [0, 0.05) is 13.1 Å².